The number of halogens is 1. The molecule has 3 heterocycles. The van der Waals surface area contributed by atoms with Crippen molar-refractivity contribution >= 4 is 79.4 Å². The largest absolute Gasteiger partial charge is 0.477 e. The summed E-state index contributed by atoms with van der Waals surface area (Å²) < 4.78 is 0.486. The van der Waals surface area contributed by atoms with Gasteiger partial charge in [-0.15, -0.1) is 11.8 Å². The Labute approximate surface area is 215 Å². The van der Waals surface area contributed by atoms with Crippen molar-refractivity contribution < 1.29 is 24.3 Å². The quantitative estimate of drug-likeness (QED) is 0.198. The Balaban J connectivity index is 1.54. The van der Waals surface area contributed by atoms with Gasteiger partial charge in [0, 0.05) is 17.2 Å². The summed E-state index contributed by atoms with van der Waals surface area (Å²) in [4.78, 5) is 49.8. The number of carboxylic acids is 1. The maximum absolute atomic E-state index is 13.0. The molecule has 1 aromatic rings. The number of carboxylic acid groups (broad SMARTS) is 1. The first-order valence-corrected chi connectivity index (χ1v) is 13.6. The minimum atomic E-state index is -1.18. The molecule has 1 aromatic heterocycles. The molecule has 2 atom stereocenters. The molecule has 15 heteroatoms. The molecule has 11 nitrogen and oxygen atoms in total. The summed E-state index contributed by atoms with van der Waals surface area (Å²) >= 11 is 7.21. The number of anilines is 1. The number of amides is 2. The van der Waals surface area contributed by atoms with Gasteiger partial charge in [0.1, 0.15) is 33.7 Å². The van der Waals surface area contributed by atoms with Gasteiger partial charge in [-0.05, 0) is 45.7 Å². The zero-order valence-corrected chi connectivity index (χ0v) is 21.9. The first-order chi connectivity index (χ1) is 16.3. The van der Waals surface area contributed by atoms with E-state index in [0.717, 1.165) is 41.1 Å². The number of hydrogen-bond acceptors (Lipinski definition) is 11. The Hall–Kier alpha value is -2.07. The molecule has 2 amide bonds. The topological polar surface area (TPSA) is 173 Å². The number of nitrogens with two attached hydrogens (primary N) is 2. The third-order valence-corrected chi connectivity index (χ3v) is 9.74. The molecule has 1 aliphatic carbocycles. The van der Waals surface area contributed by atoms with Crippen LogP contribution in [0.4, 0.5) is 5.13 Å². The maximum Gasteiger partial charge on any atom is 0.353 e. The third kappa shape index (κ3) is 4.58. The number of thiazole rings is 1. The van der Waals surface area contributed by atoms with Crippen molar-refractivity contribution in [1.82, 2.24) is 15.2 Å². The Morgan fingerprint density at radius 2 is 2.18 bits per heavy atom. The predicted molar refractivity (Wildman–Crippen MR) is 135 cm³/mol. The number of rotatable bonds is 8. The molecule has 0 aromatic carbocycles. The van der Waals surface area contributed by atoms with Gasteiger partial charge in [-0.1, -0.05) is 28.3 Å². The standard InChI is InChI=1S/C19H21BrN6O5S3/c1-31-25-11(10-14(20)34-19(22)24-10)15(27)23-12-16(28)26-13(18(29)30)9(6-32-17(12)26)33-8-4-2-3-7(8)5-21/h12,17H,2-6,21H2,1H3,(H2,22,24)(H,23,27)(H,29,30)/b25-11-/t12?,17-/m1/s1. The molecular weight excluding hydrogens is 568 g/mol. The molecule has 1 fully saturated rings. The van der Waals surface area contributed by atoms with E-state index >= 15 is 0 Å². The molecule has 182 valence electrons. The summed E-state index contributed by atoms with van der Waals surface area (Å²) in [6.07, 6.45) is 2.75. The molecule has 4 rings (SSSR count). The minimum Gasteiger partial charge on any atom is -0.477 e. The summed E-state index contributed by atoms with van der Waals surface area (Å²) in [6.45, 7) is 0.441. The second-order valence-electron chi connectivity index (χ2n) is 7.42. The highest BCUT2D eigenvalue weighted by Crippen LogP contribution is 2.47. The van der Waals surface area contributed by atoms with Gasteiger partial charge in [-0.3, -0.25) is 14.5 Å². The van der Waals surface area contributed by atoms with Crippen LogP contribution in [-0.2, 0) is 19.2 Å². The van der Waals surface area contributed by atoms with Crippen LogP contribution in [0, 0.1) is 0 Å². The lowest BCUT2D eigenvalue weighted by molar-refractivity contribution is -0.150. The zero-order chi connectivity index (χ0) is 24.6. The van der Waals surface area contributed by atoms with Gasteiger partial charge in [0.15, 0.2) is 10.8 Å². The number of nitrogens with one attached hydrogen (secondary N) is 1. The van der Waals surface area contributed by atoms with Gasteiger partial charge < -0.3 is 26.7 Å². The fourth-order valence-corrected chi connectivity index (χ4v) is 8.02. The third-order valence-electron chi connectivity index (χ3n) is 5.42. The van der Waals surface area contributed by atoms with Crippen molar-refractivity contribution in [2.45, 2.75) is 30.7 Å². The van der Waals surface area contributed by atoms with Gasteiger partial charge in [0.2, 0.25) is 0 Å². The summed E-state index contributed by atoms with van der Waals surface area (Å²) in [5, 5.41) is 16.0. The van der Waals surface area contributed by atoms with Crippen LogP contribution in [-0.4, -0.2) is 69.3 Å². The predicted octanol–water partition coefficient (Wildman–Crippen LogP) is 1.66. The first-order valence-electron chi connectivity index (χ1n) is 10.1. The average molecular weight is 590 g/mol. The zero-order valence-electron chi connectivity index (χ0n) is 17.9. The second kappa shape index (κ2) is 10.3. The van der Waals surface area contributed by atoms with E-state index in [4.69, 9.17) is 16.3 Å². The normalized spacial score (nSPS) is 22.6. The number of β-lactam (4-membered cyclic amide) rings is 1. The fourth-order valence-electron chi connectivity index (χ4n) is 3.89. The van der Waals surface area contributed by atoms with E-state index in [1.807, 2.05) is 0 Å². The van der Waals surface area contributed by atoms with Crippen molar-refractivity contribution in [3.05, 3.63) is 30.6 Å². The van der Waals surface area contributed by atoms with Gasteiger partial charge in [-0.2, -0.15) is 0 Å². The van der Waals surface area contributed by atoms with Gasteiger partial charge in [0.05, 0.1) is 0 Å². The highest BCUT2D eigenvalue weighted by molar-refractivity contribution is 9.11. The SMILES string of the molecule is CO/N=C(\C(=O)NC1C(=O)N2C(C(=O)O)=C(SC3=C(CN)CCC3)CS[C@H]12)c1nc(N)sc1Br. The van der Waals surface area contributed by atoms with Crippen LogP contribution >= 0.6 is 50.8 Å². The van der Waals surface area contributed by atoms with Crippen LogP contribution in [0.25, 0.3) is 0 Å². The molecule has 2 aliphatic heterocycles. The van der Waals surface area contributed by atoms with Crippen molar-refractivity contribution in [1.29, 1.82) is 0 Å². The van der Waals surface area contributed by atoms with Crippen LogP contribution in [0.2, 0.25) is 0 Å². The molecule has 34 heavy (non-hydrogen) atoms. The lowest BCUT2D eigenvalue weighted by Gasteiger charge is -2.49. The van der Waals surface area contributed by atoms with E-state index < -0.39 is 29.2 Å². The number of nitrogen functional groups attached to an aromatic ring is 1. The van der Waals surface area contributed by atoms with Gasteiger partial charge in [-0.25, -0.2) is 9.78 Å². The van der Waals surface area contributed by atoms with Crippen LogP contribution in [0.1, 0.15) is 25.0 Å². The number of carbonyl (C=O) groups is 3. The summed E-state index contributed by atoms with van der Waals surface area (Å²) in [5.41, 5.74) is 12.7. The summed E-state index contributed by atoms with van der Waals surface area (Å²) in [6, 6.07) is -0.916. The molecule has 0 saturated carbocycles. The molecule has 3 aliphatic rings. The maximum atomic E-state index is 13.0. The lowest BCUT2D eigenvalue weighted by Crippen LogP contribution is -2.71. The number of oxime groups is 1. The molecule has 1 unspecified atom stereocenters. The van der Waals surface area contributed by atoms with E-state index in [2.05, 4.69) is 31.4 Å². The van der Waals surface area contributed by atoms with Gasteiger partial charge in [0.25, 0.3) is 11.8 Å². The van der Waals surface area contributed by atoms with Crippen LogP contribution in [0.3, 0.4) is 0 Å². The molecule has 0 bridgehead atoms. The Morgan fingerprint density at radius 1 is 1.41 bits per heavy atom. The Morgan fingerprint density at radius 3 is 2.79 bits per heavy atom. The molecular formula is C19H21BrN6O5S3. The fraction of sp³-hybridized carbons (Fsp3) is 0.421. The first kappa shape index (κ1) is 25.0. The Bertz CT molecular complexity index is 1150. The highest BCUT2D eigenvalue weighted by atomic mass is 79.9. The number of hydrogen-bond donors (Lipinski definition) is 4. The number of thioether (sulfide) groups is 2. The number of carbonyl (C=O) groups excluding carboxylic acids is 2. The van der Waals surface area contributed by atoms with Crippen LogP contribution in [0.5, 0.6) is 0 Å². The van der Waals surface area contributed by atoms with Crippen LogP contribution < -0.4 is 16.8 Å². The highest BCUT2D eigenvalue weighted by Gasteiger charge is 2.54. The van der Waals surface area contributed by atoms with Crippen molar-refractivity contribution in [2.24, 2.45) is 10.9 Å². The van der Waals surface area contributed by atoms with E-state index in [-0.39, 0.29) is 22.2 Å². The number of allylic oxidation sites excluding steroid dienone is 1. The van der Waals surface area contributed by atoms with Crippen molar-refractivity contribution in [3.63, 3.8) is 0 Å². The van der Waals surface area contributed by atoms with E-state index in [1.54, 1.807) is 0 Å². The molecule has 0 spiro atoms. The lowest BCUT2D eigenvalue weighted by atomic mass is 10.0. The van der Waals surface area contributed by atoms with E-state index in [1.165, 1.54) is 35.5 Å². The van der Waals surface area contributed by atoms with Crippen molar-refractivity contribution in [3.8, 4) is 0 Å². The Kier molecular flexibility index (Phi) is 7.57. The molecule has 1 saturated heterocycles. The van der Waals surface area contributed by atoms with Crippen LogP contribution in [0.15, 0.2) is 30.0 Å². The number of aromatic nitrogens is 1. The molecule has 6 N–H and O–H groups in total. The number of fused-ring (bicyclic) bond motifs is 1. The number of aliphatic carboxylic acids is 1. The summed E-state index contributed by atoms with van der Waals surface area (Å²) in [7, 11) is 1.28. The summed E-state index contributed by atoms with van der Waals surface area (Å²) in [5.74, 6) is -1.96. The van der Waals surface area contributed by atoms with Crippen molar-refractivity contribution in [2.75, 3.05) is 25.1 Å². The van der Waals surface area contributed by atoms with E-state index in [9.17, 15) is 19.5 Å². The average Bonchev–Trinajstić information content (AvgIpc) is 3.39. The molecule has 0 radical (unpaired) electrons. The van der Waals surface area contributed by atoms with Gasteiger partial charge >= 0.3 is 5.97 Å². The second-order valence-corrected chi connectivity index (χ2v) is 12.1. The monoisotopic (exact) mass is 588 g/mol. The minimum absolute atomic E-state index is 0.0409. The van der Waals surface area contributed by atoms with E-state index in [0.29, 0.717) is 21.0 Å². The smallest absolute Gasteiger partial charge is 0.353 e. The number of nitrogens with zero attached hydrogens (tertiary/aromatic N) is 3.